The molecule has 2 amide bonds. The number of unbranched alkanes of at least 4 members (excludes halogenated alkanes) is 2. The van der Waals surface area contributed by atoms with Crippen LogP contribution in [0.25, 0.3) is 0 Å². The lowest BCUT2D eigenvalue weighted by molar-refractivity contribution is -0.139. The minimum Gasteiger partial charge on any atom is -0.282 e. The highest BCUT2D eigenvalue weighted by molar-refractivity contribution is 6.06. The van der Waals surface area contributed by atoms with Crippen LogP contribution in [0.2, 0.25) is 0 Å². The topological polar surface area (TPSA) is 37.4 Å². The van der Waals surface area contributed by atoms with E-state index in [9.17, 15) is 9.59 Å². The Labute approximate surface area is 84.5 Å². The van der Waals surface area contributed by atoms with Crippen LogP contribution in [0, 0.1) is 11.8 Å². The second-order valence-corrected chi connectivity index (χ2v) is 4.33. The van der Waals surface area contributed by atoms with Gasteiger partial charge in [-0.1, -0.05) is 19.8 Å². The molecule has 2 fully saturated rings. The van der Waals surface area contributed by atoms with E-state index in [4.69, 9.17) is 0 Å². The Kier molecular flexibility index (Phi) is 2.57. The number of hydrogen-bond acceptors (Lipinski definition) is 2. The van der Waals surface area contributed by atoms with Crippen LogP contribution in [-0.2, 0) is 9.59 Å². The van der Waals surface area contributed by atoms with Crippen molar-refractivity contribution in [2.24, 2.45) is 11.8 Å². The molecule has 0 spiro atoms. The minimum atomic E-state index is 0.0594. The Morgan fingerprint density at radius 3 is 2.14 bits per heavy atom. The van der Waals surface area contributed by atoms with Gasteiger partial charge in [0.1, 0.15) is 0 Å². The second kappa shape index (κ2) is 3.71. The molecule has 14 heavy (non-hydrogen) atoms. The van der Waals surface area contributed by atoms with Crippen LogP contribution in [-0.4, -0.2) is 23.3 Å². The van der Waals surface area contributed by atoms with Gasteiger partial charge in [0, 0.05) is 6.54 Å². The van der Waals surface area contributed by atoms with Crippen molar-refractivity contribution in [2.75, 3.05) is 6.54 Å². The van der Waals surface area contributed by atoms with Gasteiger partial charge in [0.05, 0.1) is 11.8 Å². The Balaban J connectivity index is 1.91. The van der Waals surface area contributed by atoms with Crippen molar-refractivity contribution in [2.45, 2.75) is 39.0 Å². The smallest absolute Gasteiger partial charge is 0.233 e. The third-order valence-electron chi connectivity index (χ3n) is 3.43. The summed E-state index contributed by atoms with van der Waals surface area (Å²) in [6.45, 7) is 2.77. The minimum absolute atomic E-state index is 0.0594. The van der Waals surface area contributed by atoms with Crippen LogP contribution in [0.5, 0.6) is 0 Å². The van der Waals surface area contributed by atoms with Gasteiger partial charge in [0.25, 0.3) is 0 Å². The molecular weight excluding hydrogens is 178 g/mol. The fourth-order valence-electron chi connectivity index (χ4n) is 2.34. The lowest BCUT2D eigenvalue weighted by atomic mass is 9.76. The zero-order chi connectivity index (χ0) is 10.1. The van der Waals surface area contributed by atoms with Gasteiger partial charge in [0.15, 0.2) is 0 Å². The van der Waals surface area contributed by atoms with Gasteiger partial charge in [-0.2, -0.15) is 0 Å². The molecule has 0 aromatic rings. The average Bonchev–Trinajstić information content (AvgIpc) is 2.23. The molecule has 0 N–H and O–H groups in total. The molecule has 1 aliphatic carbocycles. The van der Waals surface area contributed by atoms with E-state index >= 15 is 0 Å². The number of amides is 2. The van der Waals surface area contributed by atoms with E-state index in [-0.39, 0.29) is 23.7 Å². The summed E-state index contributed by atoms with van der Waals surface area (Å²) in [5.41, 5.74) is 0. The molecular formula is C11H17NO2. The summed E-state index contributed by atoms with van der Waals surface area (Å²) in [5.74, 6) is 0.318. The Morgan fingerprint density at radius 2 is 1.71 bits per heavy atom. The molecule has 3 nitrogen and oxygen atoms in total. The maximum absolute atomic E-state index is 11.7. The third kappa shape index (κ3) is 1.35. The van der Waals surface area contributed by atoms with E-state index in [1.54, 1.807) is 0 Å². The predicted octanol–water partition coefficient (Wildman–Crippen LogP) is 1.57. The molecule has 2 aliphatic rings. The second-order valence-electron chi connectivity index (χ2n) is 4.33. The molecule has 0 radical (unpaired) electrons. The summed E-state index contributed by atoms with van der Waals surface area (Å²) in [5, 5.41) is 0. The van der Waals surface area contributed by atoms with Crippen molar-refractivity contribution in [1.29, 1.82) is 0 Å². The number of carbonyl (C=O) groups is 2. The van der Waals surface area contributed by atoms with Gasteiger partial charge in [-0.25, -0.2) is 0 Å². The zero-order valence-electron chi connectivity index (χ0n) is 8.66. The molecule has 0 aromatic carbocycles. The van der Waals surface area contributed by atoms with E-state index in [2.05, 4.69) is 6.92 Å². The molecule has 0 bridgehead atoms. The summed E-state index contributed by atoms with van der Waals surface area (Å²) in [7, 11) is 0. The van der Waals surface area contributed by atoms with Crippen LogP contribution >= 0.6 is 0 Å². The van der Waals surface area contributed by atoms with Crippen LogP contribution in [0.4, 0.5) is 0 Å². The molecule has 0 aromatic heterocycles. The highest BCUT2D eigenvalue weighted by Crippen LogP contribution is 2.42. The van der Waals surface area contributed by atoms with Crippen LogP contribution in [0.3, 0.4) is 0 Å². The lowest BCUT2D eigenvalue weighted by Gasteiger charge is -2.24. The van der Waals surface area contributed by atoms with E-state index in [1.165, 1.54) is 4.90 Å². The maximum atomic E-state index is 11.7. The summed E-state index contributed by atoms with van der Waals surface area (Å²) in [4.78, 5) is 24.9. The normalized spacial score (nSPS) is 30.5. The number of imide groups is 1. The monoisotopic (exact) mass is 195 g/mol. The fourth-order valence-corrected chi connectivity index (χ4v) is 2.34. The average molecular weight is 195 g/mol. The van der Waals surface area contributed by atoms with Gasteiger partial charge in [-0.15, -0.1) is 0 Å². The van der Waals surface area contributed by atoms with E-state index in [0.717, 1.165) is 32.1 Å². The maximum Gasteiger partial charge on any atom is 0.233 e. The molecule has 2 atom stereocenters. The Hall–Kier alpha value is -0.860. The first kappa shape index (κ1) is 9.69. The molecule has 1 saturated carbocycles. The van der Waals surface area contributed by atoms with Gasteiger partial charge >= 0.3 is 0 Å². The molecule has 2 rings (SSSR count). The van der Waals surface area contributed by atoms with Gasteiger partial charge < -0.3 is 0 Å². The standard InChI is InChI=1S/C11H17NO2/c1-2-3-4-7-12-10(13)8-5-6-9(8)11(12)14/h8-9H,2-7H2,1H3. The number of hydrogen-bond donors (Lipinski definition) is 0. The summed E-state index contributed by atoms with van der Waals surface area (Å²) in [6, 6.07) is 0. The van der Waals surface area contributed by atoms with Crippen molar-refractivity contribution in [1.82, 2.24) is 4.90 Å². The van der Waals surface area contributed by atoms with E-state index in [0.29, 0.717) is 6.54 Å². The third-order valence-corrected chi connectivity index (χ3v) is 3.43. The highest BCUT2D eigenvalue weighted by Gasteiger charge is 2.52. The first-order valence-electron chi connectivity index (χ1n) is 5.61. The number of rotatable bonds is 4. The van der Waals surface area contributed by atoms with Crippen molar-refractivity contribution in [3.8, 4) is 0 Å². The SMILES string of the molecule is CCCCCN1C(=O)C2CCC2C1=O. The molecule has 2 unspecified atom stereocenters. The molecule has 1 aliphatic heterocycles. The largest absolute Gasteiger partial charge is 0.282 e. The highest BCUT2D eigenvalue weighted by atomic mass is 16.2. The summed E-state index contributed by atoms with van der Waals surface area (Å²) >= 11 is 0. The first-order valence-corrected chi connectivity index (χ1v) is 5.61. The van der Waals surface area contributed by atoms with Gasteiger partial charge in [-0.3, -0.25) is 14.5 Å². The van der Waals surface area contributed by atoms with Gasteiger partial charge in [0.2, 0.25) is 11.8 Å². The Morgan fingerprint density at radius 1 is 1.14 bits per heavy atom. The number of fused-ring (bicyclic) bond motifs is 1. The molecule has 1 heterocycles. The fraction of sp³-hybridized carbons (Fsp3) is 0.818. The number of nitrogens with zero attached hydrogens (tertiary/aromatic N) is 1. The zero-order valence-corrected chi connectivity index (χ0v) is 8.66. The summed E-state index contributed by atoms with van der Waals surface area (Å²) in [6.07, 6.45) is 5.06. The van der Waals surface area contributed by atoms with E-state index in [1.807, 2.05) is 0 Å². The molecule has 78 valence electrons. The van der Waals surface area contributed by atoms with Gasteiger partial charge in [-0.05, 0) is 19.3 Å². The first-order chi connectivity index (χ1) is 6.75. The van der Waals surface area contributed by atoms with E-state index < -0.39 is 0 Å². The molecule has 3 heteroatoms. The van der Waals surface area contributed by atoms with Crippen LogP contribution < -0.4 is 0 Å². The van der Waals surface area contributed by atoms with Crippen LogP contribution in [0.15, 0.2) is 0 Å². The number of likely N-dealkylation sites (tertiary alicyclic amines) is 1. The molecule has 1 saturated heterocycles. The van der Waals surface area contributed by atoms with Crippen molar-refractivity contribution in [3.63, 3.8) is 0 Å². The van der Waals surface area contributed by atoms with Crippen molar-refractivity contribution < 1.29 is 9.59 Å². The predicted molar refractivity (Wildman–Crippen MR) is 52.5 cm³/mol. The quantitative estimate of drug-likeness (QED) is 0.504. The van der Waals surface area contributed by atoms with Crippen molar-refractivity contribution in [3.05, 3.63) is 0 Å². The van der Waals surface area contributed by atoms with Crippen LogP contribution in [0.1, 0.15) is 39.0 Å². The summed E-state index contributed by atoms with van der Waals surface area (Å²) < 4.78 is 0. The lowest BCUT2D eigenvalue weighted by Crippen LogP contribution is -2.31. The Bertz CT molecular complexity index is 240. The van der Waals surface area contributed by atoms with Crippen molar-refractivity contribution >= 4 is 11.8 Å². The number of carbonyl (C=O) groups excluding carboxylic acids is 2.